The summed E-state index contributed by atoms with van der Waals surface area (Å²) < 4.78 is 14.5. The molecule has 1 aromatic heterocycles. The summed E-state index contributed by atoms with van der Waals surface area (Å²) in [6.07, 6.45) is -1.68. The Morgan fingerprint density at radius 2 is 1.74 bits per heavy atom. The van der Waals surface area contributed by atoms with Crippen molar-refractivity contribution in [2.75, 3.05) is 6.54 Å². The first-order valence-corrected chi connectivity index (χ1v) is 16.3. The van der Waals surface area contributed by atoms with Gasteiger partial charge >= 0.3 is 5.97 Å². The topological polar surface area (TPSA) is 175 Å². The van der Waals surface area contributed by atoms with Gasteiger partial charge in [0, 0.05) is 25.8 Å². The fourth-order valence-corrected chi connectivity index (χ4v) is 6.46. The van der Waals surface area contributed by atoms with Crippen LogP contribution in [0.4, 0.5) is 4.39 Å². The van der Waals surface area contributed by atoms with Gasteiger partial charge in [-0.2, -0.15) is 0 Å². The number of β-amino-alcohol motifs (C(OH)–C–C–N with tert-alkyl or cyclic N) is 1. The summed E-state index contributed by atoms with van der Waals surface area (Å²) in [5, 5.41) is 16.3. The third kappa shape index (κ3) is 7.51. The number of likely N-dealkylation sites (tertiary alicyclic amines) is 1. The molecule has 15 heteroatoms. The van der Waals surface area contributed by atoms with Crippen molar-refractivity contribution in [1.29, 1.82) is 0 Å². The fraction of sp³-hybridized carbons (Fsp3) is 0.531. The molecule has 3 heterocycles. The Hall–Kier alpha value is -4.24. The summed E-state index contributed by atoms with van der Waals surface area (Å²) in [6, 6.07) is 3.64. The highest BCUT2D eigenvalue weighted by Crippen LogP contribution is 2.40. The van der Waals surface area contributed by atoms with E-state index in [1.807, 2.05) is 6.92 Å². The number of benzene rings is 1. The number of thiazole rings is 1. The molecule has 3 N–H and O–H groups in total. The number of imide groups is 1. The first-order chi connectivity index (χ1) is 22.1. The van der Waals surface area contributed by atoms with Gasteiger partial charge in [-0.3, -0.25) is 24.0 Å². The van der Waals surface area contributed by atoms with Crippen molar-refractivity contribution in [3.8, 4) is 10.4 Å². The number of halogens is 1. The summed E-state index contributed by atoms with van der Waals surface area (Å²) in [4.78, 5) is 88.8. The maximum absolute atomic E-state index is 14.5. The summed E-state index contributed by atoms with van der Waals surface area (Å²) >= 11 is 1.46. The molecule has 1 saturated carbocycles. The fourth-order valence-electron chi connectivity index (χ4n) is 5.65. The summed E-state index contributed by atoms with van der Waals surface area (Å²) in [5.74, 6) is -4.48. The third-order valence-electron chi connectivity index (χ3n) is 8.56. The number of carbonyl (C=O) groups excluding carboxylic acids is 6. The zero-order chi connectivity index (χ0) is 34.3. The van der Waals surface area contributed by atoms with E-state index in [0.717, 1.165) is 16.1 Å². The predicted molar refractivity (Wildman–Crippen MR) is 166 cm³/mol. The zero-order valence-corrected chi connectivity index (χ0v) is 27.4. The molecule has 5 rings (SSSR count). The van der Waals surface area contributed by atoms with Crippen LogP contribution in [0.1, 0.15) is 76.6 Å². The van der Waals surface area contributed by atoms with Crippen LogP contribution in [-0.4, -0.2) is 86.0 Å². The number of aliphatic hydroxyl groups excluding tert-OH is 1. The summed E-state index contributed by atoms with van der Waals surface area (Å²) in [6.45, 7) is 6.77. The monoisotopic (exact) mass is 671 g/mol. The Morgan fingerprint density at radius 3 is 2.30 bits per heavy atom. The van der Waals surface area contributed by atoms with E-state index in [4.69, 9.17) is 4.84 Å². The second-order valence-electron chi connectivity index (χ2n) is 13.3. The Bertz CT molecular complexity index is 1570. The van der Waals surface area contributed by atoms with Crippen LogP contribution in [0.3, 0.4) is 0 Å². The molecule has 1 aromatic carbocycles. The molecule has 4 atom stereocenters. The molecule has 0 bridgehead atoms. The number of carbonyl (C=O) groups is 6. The average Bonchev–Trinajstić information content (AvgIpc) is 3.27. The minimum Gasteiger partial charge on any atom is -0.391 e. The minimum absolute atomic E-state index is 0.0616. The van der Waals surface area contributed by atoms with Crippen molar-refractivity contribution in [3.05, 3.63) is 41.0 Å². The van der Waals surface area contributed by atoms with Gasteiger partial charge < -0.3 is 25.5 Å². The number of aromatic nitrogens is 1. The number of aryl methyl sites for hydroxylation is 1. The average molecular weight is 672 g/mol. The number of hydrogen-bond acceptors (Lipinski definition) is 10. The highest BCUT2D eigenvalue weighted by atomic mass is 32.1. The molecule has 2 unspecified atom stereocenters. The highest BCUT2D eigenvalue weighted by Gasteiger charge is 2.53. The van der Waals surface area contributed by atoms with Crippen molar-refractivity contribution in [2.45, 2.75) is 96.1 Å². The van der Waals surface area contributed by atoms with Crippen LogP contribution < -0.4 is 10.6 Å². The first kappa shape index (κ1) is 34.1. The molecule has 2 aromatic rings. The van der Waals surface area contributed by atoms with E-state index in [2.05, 4.69) is 15.6 Å². The standard InChI is InChI=1S/C32H38FN5O8S/c1-17-26(47-16-34-17)19-7-5-18(6-8-19)21(14-25(42)46-38-23(40)9-10-24(38)41)35-28(43)22-13-20(39)15-37(22)29(44)27(31(2,3)4)36-30(45)32(33)11-12-32/h5-8,16,20-22,27,39H,9-15H2,1-4H3,(H,35,43)(H,36,45)/t20-,21?,22+,27?/m1/s1. The number of hydroxylamine groups is 2. The number of aliphatic hydroxyl groups is 1. The lowest BCUT2D eigenvalue weighted by molar-refractivity contribution is -0.197. The van der Waals surface area contributed by atoms with Gasteiger partial charge in [-0.15, -0.1) is 16.4 Å². The van der Waals surface area contributed by atoms with E-state index in [0.29, 0.717) is 10.6 Å². The maximum Gasteiger partial charge on any atom is 0.335 e. The number of hydrogen-bond donors (Lipinski definition) is 3. The van der Waals surface area contributed by atoms with Crippen LogP contribution in [-0.2, 0) is 33.6 Å². The van der Waals surface area contributed by atoms with Gasteiger partial charge in [0.05, 0.1) is 34.6 Å². The SMILES string of the molecule is Cc1ncsc1-c1ccc(C(CC(=O)ON2C(=O)CCC2=O)NC(=O)[C@@H]2C[C@@H](O)CN2C(=O)C(NC(=O)C2(F)CC2)C(C)(C)C)cc1. The van der Waals surface area contributed by atoms with Crippen molar-refractivity contribution in [3.63, 3.8) is 0 Å². The molecule has 0 spiro atoms. The maximum atomic E-state index is 14.5. The van der Waals surface area contributed by atoms with Gasteiger partial charge in [-0.05, 0) is 36.3 Å². The van der Waals surface area contributed by atoms with Crippen LogP contribution in [0.5, 0.6) is 0 Å². The first-order valence-electron chi connectivity index (χ1n) is 15.4. The Balaban J connectivity index is 1.37. The van der Waals surface area contributed by atoms with Gasteiger partial charge in [0.15, 0.2) is 5.67 Å². The van der Waals surface area contributed by atoms with Crippen LogP contribution in [0.25, 0.3) is 10.4 Å². The normalized spacial score (nSPS) is 21.7. The number of amides is 5. The lowest BCUT2D eigenvalue weighted by Crippen LogP contribution is -2.59. The molecule has 2 saturated heterocycles. The predicted octanol–water partition coefficient (Wildman–Crippen LogP) is 2.27. The molecule has 47 heavy (non-hydrogen) atoms. The molecule has 13 nitrogen and oxygen atoms in total. The Kier molecular flexibility index (Phi) is 9.51. The largest absolute Gasteiger partial charge is 0.391 e. The molecular weight excluding hydrogens is 633 g/mol. The van der Waals surface area contributed by atoms with Crippen LogP contribution in [0, 0.1) is 12.3 Å². The van der Waals surface area contributed by atoms with Gasteiger partial charge in [-0.1, -0.05) is 45.0 Å². The van der Waals surface area contributed by atoms with Crippen LogP contribution in [0.15, 0.2) is 29.8 Å². The molecule has 3 fully saturated rings. The van der Waals surface area contributed by atoms with E-state index in [-0.39, 0.29) is 38.6 Å². The zero-order valence-electron chi connectivity index (χ0n) is 26.6. The van der Waals surface area contributed by atoms with Crippen molar-refractivity contribution in [1.82, 2.24) is 25.6 Å². The molecule has 252 valence electrons. The van der Waals surface area contributed by atoms with E-state index in [1.54, 1.807) is 50.5 Å². The molecule has 2 aliphatic heterocycles. The van der Waals surface area contributed by atoms with Crippen LogP contribution >= 0.6 is 11.3 Å². The number of nitrogens with one attached hydrogen (secondary N) is 2. The second kappa shape index (κ2) is 13.1. The summed E-state index contributed by atoms with van der Waals surface area (Å²) in [7, 11) is 0. The van der Waals surface area contributed by atoms with Crippen molar-refractivity contribution in [2.24, 2.45) is 5.41 Å². The van der Waals surface area contributed by atoms with Gasteiger partial charge in [0.25, 0.3) is 17.7 Å². The second-order valence-corrected chi connectivity index (χ2v) is 14.2. The molecule has 3 aliphatic rings. The van der Waals surface area contributed by atoms with E-state index < -0.39 is 77.2 Å². The highest BCUT2D eigenvalue weighted by molar-refractivity contribution is 7.13. The van der Waals surface area contributed by atoms with Gasteiger partial charge in [0.1, 0.15) is 12.1 Å². The van der Waals surface area contributed by atoms with Gasteiger partial charge in [-0.25, -0.2) is 14.2 Å². The quantitative estimate of drug-likeness (QED) is 0.320. The number of rotatable bonds is 10. The Morgan fingerprint density at radius 1 is 1.11 bits per heavy atom. The molecule has 0 radical (unpaired) electrons. The number of nitrogens with zero attached hydrogens (tertiary/aromatic N) is 3. The molecule has 5 amide bonds. The smallest absolute Gasteiger partial charge is 0.335 e. The van der Waals surface area contributed by atoms with Gasteiger partial charge in [0.2, 0.25) is 11.8 Å². The Labute approximate surface area is 274 Å². The minimum atomic E-state index is -2.02. The molecule has 1 aliphatic carbocycles. The van der Waals surface area contributed by atoms with E-state index in [9.17, 15) is 38.3 Å². The lowest BCUT2D eigenvalue weighted by atomic mass is 9.85. The van der Waals surface area contributed by atoms with E-state index >= 15 is 0 Å². The summed E-state index contributed by atoms with van der Waals surface area (Å²) in [5.41, 5.74) is 1.03. The lowest BCUT2D eigenvalue weighted by Gasteiger charge is -2.36. The number of alkyl halides is 1. The van der Waals surface area contributed by atoms with Crippen molar-refractivity contribution >= 4 is 46.8 Å². The van der Waals surface area contributed by atoms with E-state index in [1.165, 1.54) is 16.2 Å². The molecular formula is C32H38FN5O8S. The third-order valence-corrected chi connectivity index (χ3v) is 9.53. The van der Waals surface area contributed by atoms with Crippen molar-refractivity contribution < 1.29 is 43.1 Å². The van der Waals surface area contributed by atoms with Crippen LogP contribution in [0.2, 0.25) is 0 Å².